The van der Waals surface area contributed by atoms with Gasteiger partial charge in [0.2, 0.25) is 11.7 Å². The summed E-state index contributed by atoms with van der Waals surface area (Å²) in [5.41, 5.74) is 0.300. The molecule has 0 saturated heterocycles. The minimum atomic E-state index is -1.03. The number of rotatable bonds is 4. The van der Waals surface area contributed by atoms with Crippen molar-refractivity contribution in [1.29, 1.82) is 0 Å². The van der Waals surface area contributed by atoms with E-state index in [0.717, 1.165) is 16.7 Å². The number of aromatic nitrogens is 3. The molecule has 0 aliphatic rings. The lowest BCUT2D eigenvalue weighted by atomic mass is 10.2. The molecule has 6 nitrogen and oxygen atoms in total. The number of hydrogen-bond acceptors (Lipinski definition) is 5. The van der Waals surface area contributed by atoms with Crippen LogP contribution in [0.25, 0.3) is 11.4 Å². The molecule has 0 aliphatic heterocycles. The number of halogens is 2. The maximum absolute atomic E-state index is 13.6. The third-order valence-corrected chi connectivity index (χ3v) is 3.23. The van der Waals surface area contributed by atoms with E-state index in [1.807, 2.05) is 30.3 Å². The summed E-state index contributed by atoms with van der Waals surface area (Å²) in [7, 11) is 1.43. The molecule has 3 aromatic rings. The minimum Gasteiger partial charge on any atom is -0.337 e. The van der Waals surface area contributed by atoms with Crippen molar-refractivity contribution in [3.8, 4) is 11.4 Å². The predicted octanol–water partition coefficient (Wildman–Crippen LogP) is 2.68. The van der Waals surface area contributed by atoms with Crippen molar-refractivity contribution in [3.63, 3.8) is 0 Å². The third-order valence-electron chi connectivity index (χ3n) is 3.23. The van der Waals surface area contributed by atoms with Crippen LogP contribution in [-0.2, 0) is 6.54 Å². The molecule has 0 atom stereocenters. The van der Waals surface area contributed by atoms with Crippen molar-refractivity contribution in [2.75, 3.05) is 7.05 Å². The van der Waals surface area contributed by atoms with Crippen LogP contribution in [0.2, 0.25) is 0 Å². The lowest BCUT2D eigenvalue weighted by Gasteiger charge is -2.14. The van der Waals surface area contributed by atoms with Crippen molar-refractivity contribution < 1.29 is 18.1 Å². The minimum absolute atomic E-state index is 0.0306. The van der Waals surface area contributed by atoms with E-state index in [0.29, 0.717) is 11.9 Å². The Morgan fingerprint density at radius 1 is 1.25 bits per heavy atom. The predicted molar refractivity (Wildman–Crippen MR) is 79.7 cm³/mol. The van der Waals surface area contributed by atoms with Gasteiger partial charge in [0.1, 0.15) is 12.4 Å². The first-order valence-electron chi connectivity index (χ1n) is 6.99. The summed E-state index contributed by atoms with van der Waals surface area (Å²) in [5.74, 6) is -2.02. The second kappa shape index (κ2) is 6.53. The number of benzene rings is 1. The van der Waals surface area contributed by atoms with E-state index >= 15 is 0 Å². The first-order valence-corrected chi connectivity index (χ1v) is 6.99. The number of nitrogens with zero attached hydrogens (tertiary/aromatic N) is 4. The van der Waals surface area contributed by atoms with Crippen LogP contribution in [0.5, 0.6) is 0 Å². The highest BCUT2D eigenvalue weighted by Crippen LogP contribution is 2.16. The Morgan fingerprint density at radius 2 is 2.00 bits per heavy atom. The second-order valence-corrected chi connectivity index (χ2v) is 5.02. The summed E-state index contributed by atoms with van der Waals surface area (Å²) in [5, 5.41) is 3.84. The third kappa shape index (κ3) is 3.27. The van der Waals surface area contributed by atoms with Gasteiger partial charge in [0, 0.05) is 18.7 Å². The molecular weight excluding hydrogens is 318 g/mol. The summed E-state index contributed by atoms with van der Waals surface area (Å²) in [6.07, 6.45) is 0.782. The molecule has 2 heterocycles. The van der Waals surface area contributed by atoms with Gasteiger partial charge in [0.15, 0.2) is 11.5 Å². The van der Waals surface area contributed by atoms with Gasteiger partial charge in [-0.05, 0) is 0 Å². The van der Waals surface area contributed by atoms with E-state index in [1.54, 1.807) is 0 Å². The van der Waals surface area contributed by atoms with Crippen LogP contribution in [-0.4, -0.2) is 33.0 Å². The van der Waals surface area contributed by atoms with Gasteiger partial charge in [-0.3, -0.25) is 4.79 Å². The van der Waals surface area contributed by atoms with Gasteiger partial charge in [-0.15, -0.1) is 0 Å². The van der Waals surface area contributed by atoms with Gasteiger partial charge in [-0.25, -0.2) is 13.8 Å². The molecule has 0 unspecified atom stereocenters. The van der Waals surface area contributed by atoms with Crippen LogP contribution < -0.4 is 0 Å². The quantitative estimate of drug-likeness (QED) is 0.735. The first kappa shape index (κ1) is 15.7. The van der Waals surface area contributed by atoms with Gasteiger partial charge in [0.05, 0.1) is 6.20 Å². The molecule has 0 radical (unpaired) electrons. The summed E-state index contributed by atoms with van der Waals surface area (Å²) >= 11 is 0. The Labute approximate surface area is 135 Å². The van der Waals surface area contributed by atoms with Gasteiger partial charge in [-0.1, -0.05) is 35.5 Å². The zero-order valence-electron chi connectivity index (χ0n) is 12.6. The fraction of sp³-hybridized carbons (Fsp3) is 0.125. The van der Waals surface area contributed by atoms with Gasteiger partial charge in [-0.2, -0.15) is 4.98 Å². The highest BCUT2D eigenvalue weighted by atomic mass is 19.1. The van der Waals surface area contributed by atoms with Gasteiger partial charge < -0.3 is 9.42 Å². The molecule has 2 aromatic heterocycles. The fourth-order valence-electron chi connectivity index (χ4n) is 2.05. The highest BCUT2D eigenvalue weighted by molar-refractivity contribution is 5.92. The van der Waals surface area contributed by atoms with Crippen molar-refractivity contribution in [3.05, 3.63) is 65.8 Å². The number of carbonyl (C=O) groups excluding carboxylic acids is 1. The van der Waals surface area contributed by atoms with E-state index < -0.39 is 23.2 Å². The lowest BCUT2D eigenvalue weighted by Crippen LogP contribution is -2.28. The summed E-state index contributed by atoms with van der Waals surface area (Å²) in [6, 6.07) is 9.78. The van der Waals surface area contributed by atoms with Crippen LogP contribution in [0.15, 0.2) is 47.1 Å². The molecule has 0 N–H and O–H groups in total. The number of hydrogen-bond donors (Lipinski definition) is 0. The van der Waals surface area contributed by atoms with Gasteiger partial charge >= 0.3 is 0 Å². The molecule has 24 heavy (non-hydrogen) atoms. The van der Waals surface area contributed by atoms with Crippen LogP contribution >= 0.6 is 0 Å². The van der Waals surface area contributed by atoms with Crippen molar-refractivity contribution in [1.82, 2.24) is 20.0 Å². The largest absolute Gasteiger partial charge is 0.337 e. The first-order chi connectivity index (χ1) is 11.5. The molecule has 0 bridgehead atoms. The fourth-order valence-corrected chi connectivity index (χ4v) is 2.05. The Kier molecular flexibility index (Phi) is 4.28. The number of pyridine rings is 1. The molecule has 122 valence electrons. The SMILES string of the molecule is CN(Cc1nc(-c2ccccc2)no1)C(=O)c1ncc(F)cc1F. The maximum atomic E-state index is 13.6. The molecule has 1 amide bonds. The smallest absolute Gasteiger partial charge is 0.275 e. The average Bonchev–Trinajstić information content (AvgIpc) is 3.03. The van der Waals surface area contributed by atoms with E-state index in [4.69, 9.17) is 4.52 Å². The summed E-state index contributed by atoms with van der Waals surface area (Å²) in [4.78, 5) is 21.0. The molecule has 0 aliphatic carbocycles. The zero-order chi connectivity index (χ0) is 17.1. The van der Waals surface area contributed by atoms with Crippen molar-refractivity contribution >= 4 is 5.91 Å². The van der Waals surface area contributed by atoms with Crippen LogP contribution in [0.1, 0.15) is 16.4 Å². The Hall–Kier alpha value is -3.16. The molecule has 0 spiro atoms. The molecular formula is C16H12F2N4O2. The van der Waals surface area contributed by atoms with E-state index in [2.05, 4.69) is 15.1 Å². The number of carbonyl (C=O) groups is 1. The lowest BCUT2D eigenvalue weighted by molar-refractivity contribution is 0.0758. The van der Waals surface area contributed by atoms with Crippen LogP contribution in [0, 0.1) is 11.6 Å². The maximum Gasteiger partial charge on any atom is 0.275 e. The van der Waals surface area contributed by atoms with E-state index in [-0.39, 0.29) is 12.4 Å². The monoisotopic (exact) mass is 330 g/mol. The number of amides is 1. The van der Waals surface area contributed by atoms with Crippen LogP contribution in [0.3, 0.4) is 0 Å². The molecule has 1 aromatic carbocycles. The standard InChI is InChI=1S/C16H12F2N4O2/c1-22(16(23)14-12(18)7-11(17)8-19-14)9-13-20-15(21-24-13)10-5-3-2-4-6-10/h2-8H,9H2,1H3. The molecule has 3 rings (SSSR count). The summed E-state index contributed by atoms with van der Waals surface area (Å²) in [6.45, 7) is -0.0306. The summed E-state index contributed by atoms with van der Waals surface area (Å²) < 4.78 is 31.6. The molecule has 8 heteroatoms. The Morgan fingerprint density at radius 3 is 2.71 bits per heavy atom. The zero-order valence-corrected chi connectivity index (χ0v) is 12.6. The van der Waals surface area contributed by atoms with Gasteiger partial charge in [0.25, 0.3) is 5.91 Å². The highest BCUT2D eigenvalue weighted by Gasteiger charge is 2.20. The van der Waals surface area contributed by atoms with Crippen LogP contribution in [0.4, 0.5) is 8.78 Å². The average molecular weight is 330 g/mol. The Balaban J connectivity index is 1.74. The molecule has 0 saturated carbocycles. The van der Waals surface area contributed by atoms with E-state index in [1.165, 1.54) is 7.05 Å². The van der Waals surface area contributed by atoms with E-state index in [9.17, 15) is 13.6 Å². The molecule has 0 fully saturated rings. The normalized spacial score (nSPS) is 10.6. The Bertz CT molecular complexity index is 868. The van der Waals surface area contributed by atoms with Crippen molar-refractivity contribution in [2.24, 2.45) is 0 Å². The topological polar surface area (TPSA) is 72.1 Å². The van der Waals surface area contributed by atoms with Crippen molar-refractivity contribution in [2.45, 2.75) is 6.54 Å². The second-order valence-electron chi connectivity index (χ2n) is 5.02.